The third-order valence-electron chi connectivity index (χ3n) is 2.51. The number of hydrogen-bond acceptors (Lipinski definition) is 5. The molecule has 6 nitrogen and oxygen atoms in total. The molecule has 3 aromatic rings. The van der Waals surface area contributed by atoms with Crippen LogP contribution in [-0.2, 0) is 11.3 Å². The Morgan fingerprint density at radius 3 is 3.11 bits per heavy atom. The summed E-state index contributed by atoms with van der Waals surface area (Å²) in [6.45, 7) is 0.122. The minimum absolute atomic E-state index is 0.122. The maximum atomic E-state index is 11.9. The van der Waals surface area contributed by atoms with E-state index < -0.39 is 0 Å². The van der Waals surface area contributed by atoms with Crippen LogP contribution in [-0.4, -0.2) is 24.4 Å². The smallest absolute Gasteiger partial charge is 0.246 e. The molecule has 0 aliphatic rings. The standard InChI is InChI=1S/C11H8ClN5OS/c12-7-2-3-8-11(16-19-15-8)10(7)14-9(18)6-17-5-1-4-13-17/h1-5H,6H2,(H,14,18). The summed E-state index contributed by atoms with van der Waals surface area (Å²) >= 11 is 7.17. The van der Waals surface area contributed by atoms with Gasteiger partial charge in [0.1, 0.15) is 17.6 Å². The zero-order valence-electron chi connectivity index (χ0n) is 9.58. The van der Waals surface area contributed by atoms with Gasteiger partial charge < -0.3 is 5.32 Å². The summed E-state index contributed by atoms with van der Waals surface area (Å²) in [6, 6.07) is 5.21. The molecular weight excluding hydrogens is 286 g/mol. The molecule has 0 aliphatic heterocycles. The molecule has 8 heteroatoms. The van der Waals surface area contributed by atoms with Crippen molar-refractivity contribution in [2.75, 3.05) is 5.32 Å². The van der Waals surface area contributed by atoms with E-state index in [1.54, 1.807) is 30.6 Å². The molecular formula is C11H8ClN5OS. The fourth-order valence-electron chi connectivity index (χ4n) is 1.67. The number of benzene rings is 1. The topological polar surface area (TPSA) is 72.7 Å². The molecule has 96 valence electrons. The Labute approximate surface area is 117 Å². The molecule has 1 N–H and O–H groups in total. The fourth-order valence-corrected chi connectivity index (χ4v) is 2.41. The van der Waals surface area contributed by atoms with Gasteiger partial charge in [-0.1, -0.05) is 11.6 Å². The minimum atomic E-state index is -0.217. The highest BCUT2D eigenvalue weighted by molar-refractivity contribution is 7.00. The number of carbonyl (C=O) groups is 1. The molecule has 2 aromatic heterocycles. The van der Waals surface area contributed by atoms with Crippen LogP contribution >= 0.6 is 23.3 Å². The fraction of sp³-hybridized carbons (Fsp3) is 0.0909. The molecule has 1 amide bonds. The number of anilines is 1. The molecule has 0 fully saturated rings. The second kappa shape index (κ2) is 4.94. The van der Waals surface area contributed by atoms with Crippen molar-refractivity contribution in [1.82, 2.24) is 18.5 Å². The van der Waals surface area contributed by atoms with Gasteiger partial charge in [0.05, 0.1) is 22.4 Å². The Kier molecular flexibility index (Phi) is 3.14. The van der Waals surface area contributed by atoms with Crippen LogP contribution in [0.3, 0.4) is 0 Å². The molecule has 0 spiro atoms. The summed E-state index contributed by atoms with van der Waals surface area (Å²) < 4.78 is 9.78. The van der Waals surface area contributed by atoms with Gasteiger partial charge in [-0.25, -0.2) is 0 Å². The van der Waals surface area contributed by atoms with E-state index in [-0.39, 0.29) is 12.5 Å². The Morgan fingerprint density at radius 2 is 2.32 bits per heavy atom. The Balaban J connectivity index is 1.86. The summed E-state index contributed by atoms with van der Waals surface area (Å²) in [6.07, 6.45) is 3.33. The molecule has 0 radical (unpaired) electrons. The average molecular weight is 294 g/mol. The Morgan fingerprint density at radius 1 is 1.42 bits per heavy atom. The van der Waals surface area contributed by atoms with Crippen molar-refractivity contribution in [2.24, 2.45) is 0 Å². The summed E-state index contributed by atoms with van der Waals surface area (Å²) in [5.74, 6) is -0.217. The van der Waals surface area contributed by atoms with E-state index in [1.807, 2.05) is 0 Å². The molecule has 0 unspecified atom stereocenters. The zero-order valence-corrected chi connectivity index (χ0v) is 11.1. The Bertz CT molecular complexity index is 724. The summed E-state index contributed by atoms with van der Waals surface area (Å²) in [7, 11) is 0. The normalized spacial score (nSPS) is 10.8. The van der Waals surface area contributed by atoms with Crippen molar-refractivity contribution in [3.8, 4) is 0 Å². The van der Waals surface area contributed by atoms with Gasteiger partial charge in [-0.15, -0.1) is 0 Å². The summed E-state index contributed by atoms with van der Waals surface area (Å²) in [4.78, 5) is 11.9. The summed E-state index contributed by atoms with van der Waals surface area (Å²) in [5.41, 5.74) is 1.81. The van der Waals surface area contributed by atoms with Crippen molar-refractivity contribution in [3.05, 3.63) is 35.6 Å². The lowest BCUT2D eigenvalue weighted by molar-refractivity contribution is -0.116. The predicted molar refractivity (Wildman–Crippen MR) is 73.3 cm³/mol. The highest BCUT2D eigenvalue weighted by atomic mass is 35.5. The number of nitrogens with zero attached hydrogens (tertiary/aromatic N) is 4. The second-order valence-electron chi connectivity index (χ2n) is 3.81. The highest BCUT2D eigenvalue weighted by Crippen LogP contribution is 2.29. The molecule has 0 saturated carbocycles. The van der Waals surface area contributed by atoms with Gasteiger partial charge in [-0.2, -0.15) is 13.8 Å². The molecule has 19 heavy (non-hydrogen) atoms. The van der Waals surface area contributed by atoms with E-state index in [0.29, 0.717) is 21.7 Å². The van der Waals surface area contributed by atoms with E-state index in [4.69, 9.17) is 11.6 Å². The van der Waals surface area contributed by atoms with Crippen molar-refractivity contribution in [2.45, 2.75) is 6.54 Å². The zero-order chi connectivity index (χ0) is 13.2. The highest BCUT2D eigenvalue weighted by Gasteiger charge is 2.13. The maximum absolute atomic E-state index is 11.9. The number of halogens is 1. The number of amides is 1. The van der Waals surface area contributed by atoms with Crippen molar-refractivity contribution < 1.29 is 4.79 Å². The first-order valence-corrected chi connectivity index (χ1v) is 6.53. The molecule has 0 bridgehead atoms. The first-order chi connectivity index (χ1) is 9.24. The van der Waals surface area contributed by atoms with Crippen LogP contribution in [0.15, 0.2) is 30.6 Å². The largest absolute Gasteiger partial charge is 0.321 e. The number of hydrogen-bond donors (Lipinski definition) is 1. The van der Waals surface area contributed by atoms with Crippen LogP contribution in [0, 0.1) is 0 Å². The van der Waals surface area contributed by atoms with E-state index in [1.165, 1.54) is 4.68 Å². The molecule has 3 rings (SSSR count). The maximum Gasteiger partial charge on any atom is 0.246 e. The SMILES string of the molecule is O=C(Cn1cccn1)Nc1c(Cl)ccc2nsnc12. The van der Waals surface area contributed by atoms with Crippen LogP contribution in [0.25, 0.3) is 11.0 Å². The van der Waals surface area contributed by atoms with Gasteiger partial charge >= 0.3 is 0 Å². The van der Waals surface area contributed by atoms with Crippen molar-refractivity contribution >= 4 is 46.0 Å². The first-order valence-electron chi connectivity index (χ1n) is 5.42. The van der Waals surface area contributed by atoms with E-state index >= 15 is 0 Å². The number of nitrogens with one attached hydrogen (secondary N) is 1. The Hall–Kier alpha value is -1.99. The number of aromatic nitrogens is 4. The van der Waals surface area contributed by atoms with Crippen molar-refractivity contribution in [3.63, 3.8) is 0 Å². The minimum Gasteiger partial charge on any atom is -0.321 e. The number of rotatable bonds is 3. The van der Waals surface area contributed by atoms with Gasteiger partial charge in [0.2, 0.25) is 5.91 Å². The van der Waals surface area contributed by atoms with Crippen LogP contribution in [0.1, 0.15) is 0 Å². The number of carbonyl (C=O) groups excluding carboxylic acids is 1. The average Bonchev–Trinajstić information content (AvgIpc) is 3.03. The third kappa shape index (κ3) is 2.42. The number of fused-ring (bicyclic) bond motifs is 1. The molecule has 2 heterocycles. The van der Waals surface area contributed by atoms with Crippen LogP contribution < -0.4 is 5.32 Å². The molecule has 1 aromatic carbocycles. The monoisotopic (exact) mass is 293 g/mol. The molecule has 0 saturated heterocycles. The lowest BCUT2D eigenvalue weighted by atomic mass is 10.2. The van der Waals surface area contributed by atoms with E-state index in [0.717, 1.165) is 11.7 Å². The lowest BCUT2D eigenvalue weighted by Crippen LogP contribution is -2.19. The van der Waals surface area contributed by atoms with Crippen LogP contribution in [0.5, 0.6) is 0 Å². The van der Waals surface area contributed by atoms with Gasteiger partial charge in [0.25, 0.3) is 0 Å². The molecule has 0 aliphatic carbocycles. The van der Waals surface area contributed by atoms with E-state index in [9.17, 15) is 4.79 Å². The van der Waals surface area contributed by atoms with Gasteiger partial charge in [0, 0.05) is 12.4 Å². The molecule has 0 atom stereocenters. The quantitative estimate of drug-likeness (QED) is 0.803. The van der Waals surface area contributed by atoms with E-state index in [2.05, 4.69) is 19.2 Å². The third-order valence-corrected chi connectivity index (χ3v) is 3.36. The second-order valence-corrected chi connectivity index (χ2v) is 4.74. The predicted octanol–water partition coefficient (Wildman–Crippen LogP) is 2.18. The van der Waals surface area contributed by atoms with Crippen molar-refractivity contribution in [1.29, 1.82) is 0 Å². The van der Waals surface area contributed by atoms with Crippen LogP contribution in [0.4, 0.5) is 5.69 Å². The lowest BCUT2D eigenvalue weighted by Gasteiger charge is -2.07. The van der Waals surface area contributed by atoms with Gasteiger partial charge in [0.15, 0.2) is 0 Å². The summed E-state index contributed by atoms with van der Waals surface area (Å²) in [5, 5.41) is 7.16. The van der Waals surface area contributed by atoms with Gasteiger partial charge in [-0.05, 0) is 18.2 Å². The first kappa shape index (κ1) is 12.1. The van der Waals surface area contributed by atoms with Gasteiger partial charge in [-0.3, -0.25) is 9.48 Å². The van der Waals surface area contributed by atoms with Crippen LogP contribution in [0.2, 0.25) is 5.02 Å².